The Kier molecular flexibility index (Phi) is 5.03. The van der Waals surface area contributed by atoms with Gasteiger partial charge in [0, 0.05) is 11.7 Å². The summed E-state index contributed by atoms with van der Waals surface area (Å²) in [6.07, 6.45) is 3.86. The molecule has 8 heteroatoms. The SMILES string of the molecule is Nc1cc(C#Cc2c(N)cc(C3CCC(N)CC3)c(N)c2N)c(N)c(N)c1N. The monoisotopic (exact) mass is 380 g/mol. The first-order valence-corrected chi connectivity index (χ1v) is 9.18. The molecule has 1 aliphatic carbocycles. The second kappa shape index (κ2) is 7.29. The van der Waals surface area contributed by atoms with Crippen molar-refractivity contribution in [3.05, 3.63) is 28.8 Å². The minimum absolute atomic E-state index is 0.204. The average molecular weight is 381 g/mol. The van der Waals surface area contributed by atoms with E-state index in [1.807, 2.05) is 6.07 Å². The molecule has 0 spiro atoms. The van der Waals surface area contributed by atoms with Crippen molar-refractivity contribution in [2.75, 3.05) is 40.1 Å². The van der Waals surface area contributed by atoms with Crippen molar-refractivity contribution in [2.24, 2.45) is 5.73 Å². The van der Waals surface area contributed by atoms with Gasteiger partial charge in [0.05, 0.1) is 45.3 Å². The highest BCUT2D eigenvalue weighted by Gasteiger charge is 2.24. The molecule has 28 heavy (non-hydrogen) atoms. The van der Waals surface area contributed by atoms with Crippen molar-refractivity contribution in [1.29, 1.82) is 0 Å². The molecule has 0 bridgehead atoms. The van der Waals surface area contributed by atoms with Crippen molar-refractivity contribution >= 4 is 39.8 Å². The number of benzene rings is 2. The van der Waals surface area contributed by atoms with Crippen LogP contribution in [0.3, 0.4) is 0 Å². The third-order valence-electron chi connectivity index (χ3n) is 5.49. The maximum absolute atomic E-state index is 6.32. The van der Waals surface area contributed by atoms with E-state index in [-0.39, 0.29) is 23.1 Å². The van der Waals surface area contributed by atoms with Crippen LogP contribution in [0.2, 0.25) is 0 Å². The van der Waals surface area contributed by atoms with Crippen LogP contribution >= 0.6 is 0 Å². The molecule has 2 aromatic carbocycles. The van der Waals surface area contributed by atoms with Crippen LogP contribution in [0.15, 0.2) is 12.1 Å². The van der Waals surface area contributed by atoms with Crippen LogP contribution in [0.25, 0.3) is 0 Å². The lowest BCUT2D eigenvalue weighted by Crippen LogP contribution is -2.26. The maximum Gasteiger partial charge on any atom is 0.0815 e. The van der Waals surface area contributed by atoms with Crippen molar-refractivity contribution in [1.82, 2.24) is 0 Å². The molecule has 148 valence electrons. The molecule has 1 fully saturated rings. The van der Waals surface area contributed by atoms with Crippen molar-refractivity contribution in [3.8, 4) is 11.8 Å². The molecule has 0 radical (unpaired) electrons. The summed E-state index contributed by atoms with van der Waals surface area (Å²) >= 11 is 0. The van der Waals surface area contributed by atoms with Gasteiger partial charge in [-0.1, -0.05) is 11.8 Å². The quantitative estimate of drug-likeness (QED) is 0.265. The first-order valence-electron chi connectivity index (χ1n) is 9.18. The van der Waals surface area contributed by atoms with E-state index in [0.717, 1.165) is 31.2 Å². The van der Waals surface area contributed by atoms with Gasteiger partial charge in [-0.05, 0) is 49.3 Å². The fourth-order valence-corrected chi connectivity index (χ4v) is 3.66. The highest BCUT2D eigenvalue weighted by molar-refractivity contribution is 5.90. The molecule has 0 heterocycles. The lowest BCUT2D eigenvalue weighted by atomic mass is 9.80. The van der Waals surface area contributed by atoms with Crippen LogP contribution in [0.1, 0.15) is 48.3 Å². The predicted molar refractivity (Wildman–Crippen MR) is 119 cm³/mol. The number of hydrogen-bond donors (Lipinski definition) is 8. The topological polar surface area (TPSA) is 208 Å². The largest absolute Gasteiger partial charge is 0.398 e. The molecule has 0 aliphatic heterocycles. The highest BCUT2D eigenvalue weighted by atomic mass is 14.8. The third-order valence-corrected chi connectivity index (χ3v) is 5.49. The van der Waals surface area contributed by atoms with Crippen LogP contribution in [0.5, 0.6) is 0 Å². The number of rotatable bonds is 1. The predicted octanol–water partition coefficient (Wildman–Crippen LogP) is 1.15. The van der Waals surface area contributed by atoms with Crippen LogP contribution in [0, 0.1) is 11.8 Å². The summed E-state index contributed by atoms with van der Waals surface area (Å²) in [4.78, 5) is 0. The van der Waals surface area contributed by atoms with Crippen molar-refractivity contribution in [2.45, 2.75) is 37.6 Å². The van der Waals surface area contributed by atoms with Gasteiger partial charge >= 0.3 is 0 Å². The summed E-state index contributed by atoms with van der Waals surface area (Å²) in [5.41, 5.74) is 52.6. The van der Waals surface area contributed by atoms with Gasteiger partial charge in [0.15, 0.2) is 0 Å². The van der Waals surface area contributed by atoms with Gasteiger partial charge in [-0.3, -0.25) is 0 Å². The van der Waals surface area contributed by atoms with E-state index in [2.05, 4.69) is 11.8 Å². The van der Waals surface area contributed by atoms with Gasteiger partial charge in [-0.15, -0.1) is 0 Å². The third kappa shape index (κ3) is 3.40. The minimum atomic E-state index is 0.204. The normalized spacial score (nSPS) is 19.0. The summed E-state index contributed by atoms with van der Waals surface area (Å²) < 4.78 is 0. The number of hydrogen-bond acceptors (Lipinski definition) is 8. The van der Waals surface area contributed by atoms with E-state index < -0.39 is 0 Å². The molecule has 0 aromatic heterocycles. The summed E-state index contributed by atoms with van der Waals surface area (Å²) in [6.45, 7) is 0. The molecular formula is C20H28N8. The lowest BCUT2D eigenvalue weighted by Gasteiger charge is -2.28. The molecule has 1 aliphatic rings. The Balaban J connectivity index is 2.00. The van der Waals surface area contributed by atoms with Crippen LogP contribution < -0.4 is 45.9 Å². The minimum Gasteiger partial charge on any atom is -0.398 e. The zero-order chi connectivity index (χ0) is 20.6. The van der Waals surface area contributed by atoms with E-state index in [1.165, 1.54) is 0 Å². The van der Waals surface area contributed by atoms with Crippen LogP contribution in [-0.4, -0.2) is 6.04 Å². The van der Waals surface area contributed by atoms with Gasteiger partial charge in [0.25, 0.3) is 0 Å². The zero-order valence-electron chi connectivity index (χ0n) is 15.8. The lowest BCUT2D eigenvalue weighted by molar-refractivity contribution is 0.396. The Morgan fingerprint density at radius 3 is 1.93 bits per heavy atom. The number of nitrogen functional groups attached to an aromatic ring is 7. The molecule has 16 N–H and O–H groups in total. The number of nitrogens with two attached hydrogens (primary N) is 8. The summed E-state index contributed by atoms with van der Waals surface area (Å²) in [6, 6.07) is 3.69. The van der Waals surface area contributed by atoms with E-state index in [9.17, 15) is 0 Å². The molecular weight excluding hydrogens is 352 g/mol. The molecule has 1 saturated carbocycles. The van der Waals surface area contributed by atoms with Gasteiger partial charge in [-0.2, -0.15) is 0 Å². The Labute approximate surface area is 164 Å². The second-order valence-corrected chi connectivity index (χ2v) is 7.37. The standard InChI is InChI=1S/C20H28N8/c21-11-4-1-9(2-5-11)13-8-14(22)12(17(25)18(13)26)6-3-10-7-15(23)19(27)20(28)16(10)24/h7-9,11H,1-2,4-5,21-28H2. The van der Waals surface area contributed by atoms with E-state index in [0.29, 0.717) is 39.8 Å². The van der Waals surface area contributed by atoms with Crippen molar-refractivity contribution < 1.29 is 0 Å². The fourth-order valence-electron chi connectivity index (χ4n) is 3.66. The molecule has 3 rings (SSSR count). The summed E-state index contributed by atoms with van der Waals surface area (Å²) in [5, 5.41) is 0. The summed E-state index contributed by atoms with van der Waals surface area (Å²) in [7, 11) is 0. The van der Waals surface area contributed by atoms with Gasteiger partial charge in [-0.25, -0.2) is 0 Å². The number of anilines is 7. The smallest absolute Gasteiger partial charge is 0.0815 e. The Morgan fingerprint density at radius 2 is 1.29 bits per heavy atom. The van der Waals surface area contributed by atoms with Crippen LogP contribution in [0.4, 0.5) is 39.8 Å². The molecule has 0 atom stereocenters. The Morgan fingerprint density at radius 1 is 0.643 bits per heavy atom. The molecule has 0 unspecified atom stereocenters. The molecule has 8 nitrogen and oxygen atoms in total. The molecule has 2 aromatic rings. The zero-order valence-corrected chi connectivity index (χ0v) is 15.8. The first-order chi connectivity index (χ1) is 13.2. The van der Waals surface area contributed by atoms with Crippen molar-refractivity contribution in [3.63, 3.8) is 0 Å². The first kappa shape index (κ1) is 19.3. The van der Waals surface area contributed by atoms with Gasteiger partial charge in [0.1, 0.15) is 0 Å². The van der Waals surface area contributed by atoms with Gasteiger partial charge in [0.2, 0.25) is 0 Å². The van der Waals surface area contributed by atoms with E-state index in [1.54, 1.807) is 6.07 Å². The summed E-state index contributed by atoms with van der Waals surface area (Å²) in [5.74, 6) is 6.19. The molecule has 0 saturated heterocycles. The maximum atomic E-state index is 6.32. The van der Waals surface area contributed by atoms with E-state index in [4.69, 9.17) is 45.9 Å². The molecule has 0 amide bonds. The Hall–Kier alpha value is -3.44. The average Bonchev–Trinajstić information content (AvgIpc) is 2.67. The Bertz CT molecular complexity index is 978. The highest BCUT2D eigenvalue weighted by Crippen LogP contribution is 2.40. The van der Waals surface area contributed by atoms with Gasteiger partial charge < -0.3 is 45.9 Å². The van der Waals surface area contributed by atoms with E-state index >= 15 is 0 Å². The van der Waals surface area contributed by atoms with Crippen LogP contribution in [-0.2, 0) is 0 Å². The fraction of sp³-hybridized carbons (Fsp3) is 0.300. The second-order valence-electron chi connectivity index (χ2n) is 7.37.